The number of amides is 1. The first kappa shape index (κ1) is 22.9. The fraction of sp³-hybridized carbons (Fsp3) is 0.478. The summed E-state index contributed by atoms with van der Waals surface area (Å²) in [6, 6.07) is 3.31. The molecule has 1 unspecified atom stereocenters. The number of hydrogen-bond acceptors (Lipinski definition) is 4. The van der Waals surface area contributed by atoms with Gasteiger partial charge in [0.25, 0.3) is 0 Å². The van der Waals surface area contributed by atoms with Crippen LogP contribution in [0, 0.1) is 17.8 Å². The van der Waals surface area contributed by atoms with Crippen LogP contribution in [0.4, 0.5) is 0 Å². The molecule has 156 valence electrons. The molecule has 29 heavy (non-hydrogen) atoms. The smallest absolute Gasteiger partial charge is 0.345 e. The average Bonchev–Trinajstić information content (AvgIpc) is 3.31. The number of thiophene rings is 1. The summed E-state index contributed by atoms with van der Waals surface area (Å²) in [5.41, 5.74) is 0. The Balaban J connectivity index is 1.95. The fourth-order valence-corrected chi connectivity index (χ4v) is 4.04. The van der Waals surface area contributed by atoms with E-state index in [9.17, 15) is 14.7 Å². The molecule has 1 amide bonds. The molecule has 3 atom stereocenters. The van der Waals surface area contributed by atoms with Gasteiger partial charge in [-0.2, -0.15) is 0 Å². The Labute approximate surface area is 176 Å². The fourth-order valence-electron chi connectivity index (χ4n) is 3.27. The lowest BCUT2D eigenvalue weighted by atomic mass is 9.95. The Morgan fingerprint density at radius 2 is 2.17 bits per heavy atom. The van der Waals surface area contributed by atoms with Gasteiger partial charge in [-0.1, -0.05) is 32.1 Å². The topological polar surface area (TPSA) is 77.8 Å². The first-order valence-electron chi connectivity index (χ1n) is 10.1. The van der Waals surface area contributed by atoms with Crippen LogP contribution in [0.5, 0.6) is 0 Å². The third-order valence-corrected chi connectivity index (χ3v) is 6.04. The lowest BCUT2D eigenvalue weighted by Crippen LogP contribution is -2.32. The predicted molar refractivity (Wildman–Crippen MR) is 117 cm³/mol. The van der Waals surface area contributed by atoms with Crippen LogP contribution in [-0.4, -0.2) is 45.7 Å². The lowest BCUT2D eigenvalue weighted by Gasteiger charge is -2.22. The monoisotopic (exact) mass is 415 g/mol. The second-order valence-electron chi connectivity index (χ2n) is 7.02. The molecule has 2 N–H and O–H groups in total. The molecule has 2 heterocycles. The molecule has 0 bridgehead atoms. The van der Waals surface area contributed by atoms with Crippen molar-refractivity contribution in [2.75, 3.05) is 6.54 Å². The van der Waals surface area contributed by atoms with Crippen molar-refractivity contribution in [1.82, 2.24) is 4.90 Å². The van der Waals surface area contributed by atoms with Crippen LogP contribution in [0.15, 0.2) is 30.4 Å². The van der Waals surface area contributed by atoms with E-state index in [0.29, 0.717) is 24.3 Å². The summed E-state index contributed by atoms with van der Waals surface area (Å²) in [5, 5.41) is 19.5. The second kappa shape index (κ2) is 11.6. The van der Waals surface area contributed by atoms with E-state index in [1.165, 1.54) is 11.3 Å². The van der Waals surface area contributed by atoms with E-state index < -0.39 is 12.1 Å². The molecule has 1 aromatic heterocycles. The van der Waals surface area contributed by atoms with E-state index in [1.807, 2.05) is 32.1 Å². The van der Waals surface area contributed by atoms with E-state index in [1.54, 1.807) is 23.1 Å². The van der Waals surface area contributed by atoms with E-state index >= 15 is 0 Å². The molecule has 0 aromatic carbocycles. The largest absolute Gasteiger partial charge is 0.477 e. The summed E-state index contributed by atoms with van der Waals surface area (Å²) >= 11 is 1.21. The number of aliphatic hydroxyl groups excluding tert-OH is 1. The van der Waals surface area contributed by atoms with E-state index in [0.717, 1.165) is 24.1 Å². The Hall–Kier alpha value is -2.36. The van der Waals surface area contributed by atoms with Crippen molar-refractivity contribution < 1.29 is 19.8 Å². The van der Waals surface area contributed by atoms with Gasteiger partial charge in [-0.25, -0.2) is 4.79 Å². The normalized spacial score (nSPS) is 18.9. The molecule has 1 aliphatic heterocycles. The summed E-state index contributed by atoms with van der Waals surface area (Å²) in [4.78, 5) is 26.1. The van der Waals surface area contributed by atoms with E-state index in [-0.39, 0.29) is 17.9 Å². The maximum atomic E-state index is 12.2. The number of carbonyl (C=O) groups is 2. The summed E-state index contributed by atoms with van der Waals surface area (Å²) in [5.74, 6) is 5.41. The van der Waals surface area contributed by atoms with Gasteiger partial charge in [0.15, 0.2) is 0 Å². The minimum Gasteiger partial charge on any atom is -0.477 e. The number of nitrogens with zero attached hydrogens (tertiary/aromatic N) is 1. The number of carbonyl (C=O) groups excluding carboxylic acids is 1. The third-order valence-electron chi connectivity index (χ3n) is 5.00. The summed E-state index contributed by atoms with van der Waals surface area (Å²) in [6.45, 7) is 4.52. The maximum Gasteiger partial charge on any atom is 0.345 e. The van der Waals surface area contributed by atoms with Crippen molar-refractivity contribution in [2.45, 2.75) is 58.1 Å². The number of aromatic carboxylic acids is 1. The van der Waals surface area contributed by atoms with Crippen LogP contribution in [-0.2, 0) is 4.79 Å². The number of rotatable bonds is 9. The quantitative estimate of drug-likeness (QED) is 0.468. The Bertz CT molecular complexity index is 814. The van der Waals surface area contributed by atoms with Gasteiger partial charge in [0.1, 0.15) is 4.88 Å². The number of hydrogen-bond donors (Lipinski definition) is 2. The first-order chi connectivity index (χ1) is 14.0. The molecule has 1 aliphatic rings. The molecule has 1 fully saturated rings. The molecule has 0 spiro atoms. The highest BCUT2D eigenvalue weighted by Gasteiger charge is 2.28. The van der Waals surface area contributed by atoms with Gasteiger partial charge in [0.05, 0.1) is 12.1 Å². The number of carboxylic acids is 1. The SMILES string of the molecule is CCC#CCC(CC)[C@H](O)/C=C/[C@H]1CCC(=O)N1C/C=C\c1ccc(C(=O)O)s1. The molecule has 0 aliphatic carbocycles. The number of aliphatic hydroxyl groups is 1. The minimum absolute atomic E-state index is 0.0288. The Morgan fingerprint density at radius 1 is 1.38 bits per heavy atom. The van der Waals surface area contributed by atoms with Crippen LogP contribution in [0.25, 0.3) is 6.08 Å². The highest BCUT2D eigenvalue weighted by atomic mass is 32.1. The average molecular weight is 416 g/mol. The van der Waals surface area contributed by atoms with Crippen LogP contribution >= 0.6 is 11.3 Å². The molecular weight excluding hydrogens is 386 g/mol. The molecule has 1 aromatic rings. The van der Waals surface area contributed by atoms with Crippen molar-refractivity contribution in [1.29, 1.82) is 0 Å². The highest BCUT2D eigenvalue weighted by Crippen LogP contribution is 2.22. The lowest BCUT2D eigenvalue weighted by molar-refractivity contribution is -0.127. The van der Waals surface area contributed by atoms with Crippen molar-refractivity contribution >= 4 is 29.3 Å². The summed E-state index contributed by atoms with van der Waals surface area (Å²) in [7, 11) is 0. The van der Waals surface area contributed by atoms with Gasteiger partial charge >= 0.3 is 5.97 Å². The minimum atomic E-state index is -0.931. The zero-order chi connectivity index (χ0) is 21.2. The number of likely N-dealkylation sites (tertiary alicyclic amines) is 1. The zero-order valence-corrected chi connectivity index (χ0v) is 17.8. The Morgan fingerprint density at radius 3 is 2.83 bits per heavy atom. The zero-order valence-electron chi connectivity index (χ0n) is 17.0. The molecule has 6 heteroatoms. The standard InChI is InChI=1S/C23H29NO4S/c1-3-5-6-8-17(4-2)20(25)13-10-18-11-15-22(26)24(18)16-7-9-19-12-14-21(29-19)23(27)28/h7,9-10,12-14,17-18,20,25H,3-4,8,11,15-16H2,1-2H3,(H,27,28)/b9-7-,13-10+/t17?,18-,20+/m0/s1. The molecular formula is C23H29NO4S. The van der Waals surface area contributed by atoms with Crippen LogP contribution in [0.2, 0.25) is 0 Å². The number of carboxylic acid groups (broad SMARTS) is 1. The second-order valence-corrected chi connectivity index (χ2v) is 8.13. The predicted octanol–water partition coefficient (Wildman–Crippen LogP) is 4.20. The van der Waals surface area contributed by atoms with Gasteiger partial charge in [0.2, 0.25) is 5.91 Å². The van der Waals surface area contributed by atoms with Crippen molar-refractivity contribution in [3.8, 4) is 11.8 Å². The van der Waals surface area contributed by atoms with Crippen molar-refractivity contribution in [2.24, 2.45) is 5.92 Å². The Kier molecular flexibility index (Phi) is 9.17. The molecule has 2 rings (SSSR count). The van der Waals surface area contributed by atoms with Crippen LogP contribution < -0.4 is 0 Å². The van der Waals surface area contributed by atoms with Crippen molar-refractivity contribution in [3.05, 3.63) is 40.1 Å². The summed E-state index contributed by atoms with van der Waals surface area (Å²) in [6.07, 6.45) is 10.5. The van der Waals surface area contributed by atoms with Gasteiger partial charge in [-0.05, 0) is 37.0 Å². The van der Waals surface area contributed by atoms with Gasteiger partial charge < -0.3 is 15.1 Å². The molecule has 0 saturated carbocycles. The summed E-state index contributed by atoms with van der Waals surface area (Å²) < 4.78 is 0. The third kappa shape index (κ3) is 6.88. The van der Waals surface area contributed by atoms with E-state index in [4.69, 9.17) is 5.11 Å². The molecule has 0 radical (unpaired) electrons. The maximum absolute atomic E-state index is 12.2. The van der Waals surface area contributed by atoms with Gasteiger partial charge in [-0.15, -0.1) is 23.2 Å². The van der Waals surface area contributed by atoms with Gasteiger partial charge in [0, 0.05) is 30.7 Å². The van der Waals surface area contributed by atoms with E-state index in [2.05, 4.69) is 11.8 Å². The van der Waals surface area contributed by atoms with Crippen molar-refractivity contribution in [3.63, 3.8) is 0 Å². The highest BCUT2D eigenvalue weighted by molar-refractivity contribution is 7.14. The van der Waals surface area contributed by atoms with Crippen LogP contribution in [0.3, 0.4) is 0 Å². The van der Waals surface area contributed by atoms with Crippen LogP contribution in [0.1, 0.15) is 60.5 Å². The molecule has 5 nitrogen and oxygen atoms in total. The molecule has 1 saturated heterocycles. The first-order valence-corrected chi connectivity index (χ1v) is 10.9. The van der Waals surface area contributed by atoms with Gasteiger partial charge in [-0.3, -0.25) is 4.79 Å².